The number of nitrogens with one attached hydrogen (secondary N) is 1. The van der Waals surface area contributed by atoms with Crippen LogP contribution in [0.1, 0.15) is 24.7 Å². The van der Waals surface area contributed by atoms with Crippen LogP contribution in [-0.4, -0.2) is 27.1 Å². The molecule has 82 valence electrons. The zero-order chi connectivity index (χ0) is 11.4. The number of carbonyl (C=O) groups is 1. The molecule has 1 rings (SSSR count). The fraction of sp³-hybridized carbons (Fsp3) is 0.500. The van der Waals surface area contributed by atoms with Crippen LogP contribution in [0, 0.1) is 13.8 Å². The van der Waals surface area contributed by atoms with Crippen LogP contribution in [0.3, 0.4) is 0 Å². The van der Waals surface area contributed by atoms with E-state index in [1.165, 1.54) is 0 Å². The fourth-order valence-electron chi connectivity index (χ4n) is 1.18. The molecule has 0 aromatic carbocycles. The summed E-state index contributed by atoms with van der Waals surface area (Å²) in [7, 11) is 0. The van der Waals surface area contributed by atoms with Gasteiger partial charge in [-0.1, -0.05) is 6.92 Å². The minimum absolute atomic E-state index is 0.504. The highest BCUT2D eigenvalue weighted by atomic mass is 16.4. The van der Waals surface area contributed by atoms with Gasteiger partial charge in [-0.3, -0.25) is 4.98 Å². The molecular formula is C10H15N3O2. The summed E-state index contributed by atoms with van der Waals surface area (Å²) >= 11 is 0. The molecule has 0 saturated heterocycles. The van der Waals surface area contributed by atoms with Gasteiger partial charge in [0, 0.05) is 6.20 Å². The van der Waals surface area contributed by atoms with Crippen LogP contribution in [0.25, 0.3) is 0 Å². The maximum absolute atomic E-state index is 10.8. The molecule has 0 bridgehead atoms. The van der Waals surface area contributed by atoms with Gasteiger partial charge >= 0.3 is 5.97 Å². The number of aromatic nitrogens is 2. The largest absolute Gasteiger partial charge is 0.480 e. The minimum Gasteiger partial charge on any atom is -0.480 e. The maximum Gasteiger partial charge on any atom is 0.326 e. The van der Waals surface area contributed by atoms with Crippen LogP contribution in [0.5, 0.6) is 0 Å². The van der Waals surface area contributed by atoms with E-state index in [9.17, 15) is 4.79 Å². The van der Waals surface area contributed by atoms with Gasteiger partial charge in [0.05, 0.1) is 11.4 Å². The normalized spacial score (nSPS) is 12.2. The Morgan fingerprint density at radius 3 is 2.80 bits per heavy atom. The number of carboxylic acids is 1. The van der Waals surface area contributed by atoms with Gasteiger partial charge in [-0.2, -0.15) is 0 Å². The van der Waals surface area contributed by atoms with Gasteiger partial charge < -0.3 is 10.4 Å². The first-order valence-electron chi connectivity index (χ1n) is 4.84. The van der Waals surface area contributed by atoms with Crippen molar-refractivity contribution < 1.29 is 9.90 Å². The second-order valence-corrected chi connectivity index (χ2v) is 3.39. The average Bonchev–Trinajstić information content (AvgIpc) is 2.18. The summed E-state index contributed by atoms with van der Waals surface area (Å²) in [6.07, 6.45) is 2.16. The number of anilines is 1. The summed E-state index contributed by atoms with van der Waals surface area (Å²) in [5.41, 5.74) is 1.48. The Labute approximate surface area is 88.6 Å². The van der Waals surface area contributed by atoms with Gasteiger partial charge in [-0.25, -0.2) is 9.78 Å². The zero-order valence-electron chi connectivity index (χ0n) is 9.11. The lowest BCUT2D eigenvalue weighted by Crippen LogP contribution is -2.29. The van der Waals surface area contributed by atoms with E-state index < -0.39 is 12.0 Å². The van der Waals surface area contributed by atoms with E-state index in [2.05, 4.69) is 15.3 Å². The Balaban J connectivity index is 2.87. The van der Waals surface area contributed by atoms with E-state index in [-0.39, 0.29) is 0 Å². The molecule has 15 heavy (non-hydrogen) atoms. The van der Waals surface area contributed by atoms with Crippen molar-refractivity contribution in [3.8, 4) is 0 Å². The minimum atomic E-state index is -0.875. The quantitative estimate of drug-likeness (QED) is 0.783. The molecule has 1 aromatic rings. The summed E-state index contributed by atoms with van der Waals surface area (Å²) < 4.78 is 0. The van der Waals surface area contributed by atoms with Gasteiger partial charge in [-0.05, 0) is 20.3 Å². The summed E-state index contributed by atoms with van der Waals surface area (Å²) in [6, 6.07) is -0.611. The molecule has 0 aliphatic carbocycles. The summed E-state index contributed by atoms with van der Waals surface area (Å²) in [4.78, 5) is 19.1. The number of aryl methyl sites for hydroxylation is 2. The molecule has 5 heteroatoms. The molecule has 2 N–H and O–H groups in total. The molecule has 0 spiro atoms. The van der Waals surface area contributed by atoms with Gasteiger partial charge in [0.15, 0.2) is 0 Å². The lowest BCUT2D eigenvalue weighted by atomic mass is 10.2. The standard InChI is InChI=1S/C10H15N3O2/c1-4-8(10(14)15)13-9-7(3)11-5-6(2)12-9/h5,8H,4H2,1-3H3,(H,12,13)(H,14,15). The lowest BCUT2D eigenvalue weighted by molar-refractivity contribution is -0.137. The Morgan fingerprint density at radius 2 is 2.27 bits per heavy atom. The van der Waals surface area contributed by atoms with Crippen molar-refractivity contribution in [2.75, 3.05) is 5.32 Å². The van der Waals surface area contributed by atoms with E-state index >= 15 is 0 Å². The van der Waals surface area contributed by atoms with Gasteiger partial charge in [-0.15, -0.1) is 0 Å². The molecule has 0 aliphatic rings. The van der Waals surface area contributed by atoms with Crippen molar-refractivity contribution in [3.05, 3.63) is 17.6 Å². The molecule has 1 unspecified atom stereocenters. The molecule has 1 heterocycles. The third-order valence-electron chi connectivity index (χ3n) is 2.09. The van der Waals surface area contributed by atoms with Crippen molar-refractivity contribution in [3.63, 3.8) is 0 Å². The number of rotatable bonds is 4. The fourth-order valence-corrected chi connectivity index (χ4v) is 1.18. The van der Waals surface area contributed by atoms with E-state index in [4.69, 9.17) is 5.11 Å². The molecule has 0 radical (unpaired) electrons. The average molecular weight is 209 g/mol. The summed E-state index contributed by atoms with van der Waals surface area (Å²) in [5.74, 6) is -0.329. The predicted octanol–water partition coefficient (Wildman–Crippen LogP) is 1.37. The first kappa shape index (κ1) is 11.4. The molecule has 5 nitrogen and oxygen atoms in total. The molecule has 1 atom stereocenters. The smallest absolute Gasteiger partial charge is 0.326 e. The second kappa shape index (κ2) is 4.72. The number of hydrogen-bond donors (Lipinski definition) is 2. The second-order valence-electron chi connectivity index (χ2n) is 3.39. The van der Waals surface area contributed by atoms with Gasteiger partial charge in [0.25, 0.3) is 0 Å². The Kier molecular flexibility index (Phi) is 3.60. The van der Waals surface area contributed by atoms with Crippen LogP contribution in [0.15, 0.2) is 6.20 Å². The van der Waals surface area contributed by atoms with E-state index in [0.717, 1.165) is 5.69 Å². The van der Waals surface area contributed by atoms with Crippen LogP contribution in [-0.2, 0) is 4.79 Å². The van der Waals surface area contributed by atoms with Crippen LogP contribution < -0.4 is 5.32 Å². The van der Waals surface area contributed by atoms with E-state index in [1.54, 1.807) is 13.1 Å². The van der Waals surface area contributed by atoms with Crippen LogP contribution in [0.4, 0.5) is 5.82 Å². The first-order chi connectivity index (χ1) is 7.04. The highest BCUT2D eigenvalue weighted by molar-refractivity contribution is 5.76. The highest BCUT2D eigenvalue weighted by Gasteiger charge is 2.16. The summed E-state index contributed by atoms with van der Waals surface area (Å²) in [5, 5.41) is 11.7. The van der Waals surface area contributed by atoms with Crippen molar-refractivity contribution in [2.24, 2.45) is 0 Å². The van der Waals surface area contributed by atoms with Crippen molar-refractivity contribution in [1.82, 2.24) is 9.97 Å². The number of hydrogen-bond acceptors (Lipinski definition) is 4. The van der Waals surface area contributed by atoms with Crippen molar-refractivity contribution in [1.29, 1.82) is 0 Å². The molecule has 0 fully saturated rings. The molecule has 0 saturated carbocycles. The monoisotopic (exact) mass is 209 g/mol. The topological polar surface area (TPSA) is 75.1 Å². The third-order valence-corrected chi connectivity index (χ3v) is 2.09. The van der Waals surface area contributed by atoms with E-state index in [0.29, 0.717) is 17.9 Å². The SMILES string of the molecule is CCC(Nc1nc(C)cnc1C)C(=O)O. The first-order valence-corrected chi connectivity index (χ1v) is 4.84. The number of aliphatic carboxylic acids is 1. The van der Waals surface area contributed by atoms with Crippen LogP contribution in [0.2, 0.25) is 0 Å². The molecule has 0 aliphatic heterocycles. The highest BCUT2D eigenvalue weighted by Crippen LogP contribution is 2.11. The third kappa shape index (κ3) is 2.90. The van der Waals surface area contributed by atoms with Crippen molar-refractivity contribution in [2.45, 2.75) is 33.2 Å². The predicted molar refractivity (Wildman–Crippen MR) is 56.8 cm³/mol. The number of nitrogens with zero attached hydrogens (tertiary/aromatic N) is 2. The maximum atomic E-state index is 10.8. The number of carboxylic acid groups (broad SMARTS) is 1. The molecular weight excluding hydrogens is 194 g/mol. The zero-order valence-corrected chi connectivity index (χ0v) is 9.11. The van der Waals surface area contributed by atoms with E-state index in [1.807, 2.05) is 13.8 Å². The molecule has 0 amide bonds. The van der Waals surface area contributed by atoms with Crippen LogP contribution >= 0.6 is 0 Å². The molecule has 1 aromatic heterocycles. The van der Waals surface area contributed by atoms with Gasteiger partial charge in [0.1, 0.15) is 11.9 Å². The Hall–Kier alpha value is -1.65. The van der Waals surface area contributed by atoms with Crippen molar-refractivity contribution >= 4 is 11.8 Å². The Morgan fingerprint density at radius 1 is 1.60 bits per heavy atom. The van der Waals surface area contributed by atoms with Gasteiger partial charge in [0.2, 0.25) is 0 Å². The Bertz CT molecular complexity index is 366. The summed E-state index contributed by atoms with van der Waals surface area (Å²) in [6.45, 7) is 5.42. The lowest BCUT2D eigenvalue weighted by Gasteiger charge is -2.14.